The lowest BCUT2D eigenvalue weighted by Crippen LogP contribution is -2.68. The summed E-state index contributed by atoms with van der Waals surface area (Å²) in [6.07, 6.45) is 12.9. The lowest BCUT2D eigenvalue weighted by atomic mass is 9.41. The van der Waals surface area contributed by atoms with E-state index in [1.54, 1.807) is 26.0 Å². The summed E-state index contributed by atoms with van der Waals surface area (Å²) in [6, 6.07) is 8.31. The number of hydrogen-bond acceptors (Lipinski definition) is 13. The van der Waals surface area contributed by atoms with Crippen molar-refractivity contribution in [2.24, 2.45) is 40.2 Å². The number of allylic oxidation sites excluding steroid dienone is 1. The summed E-state index contributed by atoms with van der Waals surface area (Å²) in [5.74, 6) is -1.59. The van der Waals surface area contributed by atoms with Crippen LogP contribution in [0.15, 0.2) is 59.2 Å². The Balaban J connectivity index is 0.000000144. The molecule has 0 bridgehead atoms. The summed E-state index contributed by atoms with van der Waals surface area (Å²) in [5, 5.41) is 51.6. The summed E-state index contributed by atoms with van der Waals surface area (Å²) >= 11 is 0. The summed E-state index contributed by atoms with van der Waals surface area (Å²) in [4.78, 5) is 53.1. The number of aliphatic hydroxyl groups excluding tert-OH is 1. The van der Waals surface area contributed by atoms with Gasteiger partial charge in [0.2, 0.25) is 0 Å². The van der Waals surface area contributed by atoms with Crippen LogP contribution in [0.3, 0.4) is 0 Å². The smallest absolute Gasteiger partial charge is 0.338 e. The van der Waals surface area contributed by atoms with E-state index in [0.29, 0.717) is 44.3 Å². The Morgan fingerprint density at radius 2 is 1.64 bits per heavy atom. The number of aldehydes is 1. The SMILES string of the molecule is C/C=C1/C[C@@H](C)[C@@](C)(O)C(=O)OCC2=CCN3CC[C@@H](OC1=O)[C@@H]23.C[C@]12CC[C@H]3[C@@H](CC[C@]4(O)C[C@@H](O)CC[C@]34C=O)[C@@]1(O)CC[C@@H]2C1=CC(=O)OC1.N=C(N)N1CCc2ccccc2C1. The number of guanidine groups is 1. The van der Waals surface area contributed by atoms with E-state index in [1.807, 2.05) is 17.0 Å². The molecule has 360 valence electrons. The van der Waals surface area contributed by atoms with Gasteiger partial charge in [0.05, 0.1) is 28.8 Å². The molecule has 0 unspecified atom stereocenters. The molecule has 0 amide bonds. The average molecular weight is 915 g/mol. The molecule has 6 fully saturated rings. The minimum absolute atomic E-state index is 0.0262. The number of aliphatic hydroxyl groups is 4. The monoisotopic (exact) mass is 915 g/mol. The molecule has 4 aliphatic carbocycles. The Hall–Kier alpha value is -4.41. The number of benzene rings is 1. The van der Waals surface area contributed by atoms with Crippen LogP contribution in [-0.4, -0.2) is 128 Å². The van der Waals surface area contributed by atoms with Gasteiger partial charge in [0.25, 0.3) is 0 Å². The number of fused-ring (bicyclic) bond motifs is 6. The summed E-state index contributed by atoms with van der Waals surface area (Å²) in [7, 11) is 0. The van der Waals surface area contributed by atoms with Crippen molar-refractivity contribution in [3.05, 3.63) is 70.3 Å². The fourth-order valence-electron chi connectivity index (χ4n) is 13.7. The lowest BCUT2D eigenvalue weighted by Gasteiger charge is -2.65. The highest BCUT2D eigenvalue weighted by molar-refractivity contribution is 5.89. The van der Waals surface area contributed by atoms with Crippen molar-refractivity contribution in [3.8, 4) is 0 Å². The van der Waals surface area contributed by atoms with Gasteiger partial charge in [0.15, 0.2) is 11.6 Å². The number of esters is 3. The van der Waals surface area contributed by atoms with Gasteiger partial charge in [-0.3, -0.25) is 10.3 Å². The number of carbonyl (C=O) groups is 4. The third kappa shape index (κ3) is 8.24. The van der Waals surface area contributed by atoms with Crippen molar-refractivity contribution < 1.29 is 53.8 Å². The predicted molar refractivity (Wildman–Crippen MR) is 243 cm³/mol. The summed E-state index contributed by atoms with van der Waals surface area (Å²) in [5.41, 5.74) is 5.56. The van der Waals surface area contributed by atoms with Crippen molar-refractivity contribution in [1.82, 2.24) is 9.80 Å². The molecule has 12 atom stereocenters. The van der Waals surface area contributed by atoms with Crippen LogP contribution in [0.5, 0.6) is 0 Å². The average Bonchev–Trinajstić information content (AvgIpc) is 4.08. The number of ether oxygens (including phenoxy) is 3. The van der Waals surface area contributed by atoms with Gasteiger partial charge in [-0.2, -0.15) is 0 Å². The van der Waals surface area contributed by atoms with Gasteiger partial charge in [-0.25, -0.2) is 14.4 Å². The van der Waals surface area contributed by atoms with Crippen LogP contribution in [0.1, 0.15) is 109 Å². The highest BCUT2D eigenvalue weighted by Crippen LogP contribution is 2.70. The zero-order chi connectivity index (χ0) is 47.4. The first-order valence-corrected chi connectivity index (χ1v) is 24.1. The van der Waals surface area contributed by atoms with Crippen molar-refractivity contribution in [2.45, 2.75) is 146 Å². The number of cyclic esters (lactones) is 2. The first-order valence-electron chi connectivity index (χ1n) is 24.1. The molecule has 5 heterocycles. The Labute approximate surface area is 387 Å². The zero-order valence-corrected chi connectivity index (χ0v) is 39.0. The molecule has 1 aromatic rings. The van der Waals surface area contributed by atoms with Gasteiger partial charge in [0.1, 0.15) is 25.6 Å². The molecule has 10 rings (SSSR count). The molecule has 1 aromatic carbocycles. The van der Waals surface area contributed by atoms with E-state index >= 15 is 0 Å². The van der Waals surface area contributed by atoms with Crippen LogP contribution < -0.4 is 5.73 Å². The Morgan fingerprint density at radius 1 is 0.909 bits per heavy atom. The fourth-order valence-corrected chi connectivity index (χ4v) is 13.7. The molecular formula is C51H70N4O11. The van der Waals surface area contributed by atoms with Crippen molar-refractivity contribution in [3.63, 3.8) is 0 Å². The molecule has 66 heavy (non-hydrogen) atoms. The number of carbonyl (C=O) groups excluding carboxylic acids is 4. The van der Waals surface area contributed by atoms with Crippen molar-refractivity contribution in [1.29, 1.82) is 5.41 Å². The normalized spacial score (nSPS) is 41.2. The Kier molecular flexibility index (Phi) is 13.3. The number of hydrogen-bond donors (Lipinski definition) is 6. The van der Waals surface area contributed by atoms with Crippen LogP contribution in [-0.2, 0) is 46.4 Å². The molecule has 5 aliphatic heterocycles. The van der Waals surface area contributed by atoms with Gasteiger partial charge in [-0.1, -0.05) is 50.3 Å². The van der Waals surface area contributed by atoms with E-state index in [2.05, 4.69) is 30.0 Å². The van der Waals surface area contributed by atoms with Crippen LogP contribution >= 0.6 is 0 Å². The third-order valence-corrected chi connectivity index (χ3v) is 17.9. The van der Waals surface area contributed by atoms with E-state index in [1.165, 1.54) is 18.1 Å². The Morgan fingerprint density at radius 3 is 2.33 bits per heavy atom. The van der Waals surface area contributed by atoms with Crippen LogP contribution in [0, 0.1) is 39.9 Å². The minimum atomic E-state index is -1.65. The number of nitrogens with two attached hydrogens (primary N) is 1. The van der Waals surface area contributed by atoms with Crippen LogP contribution in [0.4, 0.5) is 0 Å². The van der Waals surface area contributed by atoms with Crippen LogP contribution in [0.25, 0.3) is 0 Å². The number of rotatable bonds is 2. The summed E-state index contributed by atoms with van der Waals surface area (Å²) < 4.78 is 16.3. The maximum absolute atomic E-state index is 12.5. The number of nitrogens with zero attached hydrogens (tertiary/aromatic N) is 2. The van der Waals surface area contributed by atoms with Crippen molar-refractivity contribution in [2.75, 3.05) is 32.8 Å². The minimum Gasteiger partial charge on any atom is -0.459 e. The fraction of sp³-hybridized carbons (Fsp3) is 0.667. The van der Waals surface area contributed by atoms with Gasteiger partial charge in [-0.05, 0) is 130 Å². The second-order valence-corrected chi connectivity index (χ2v) is 21.1. The molecule has 0 aromatic heterocycles. The maximum Gasteiger partial charge on any atom is 0.338 e. The molecule has 0 radical (unpaired) electrons. The second kappa shape index (κ2) is 18.2. The molecule has 15 heteroatoms. The first kappa shape index (κ1) is 48.1. The highest BCUT2D eigenvalue weighted by atomic mass is 16.6. The molecule has 7 N–H and O–H groups in total. The van der Waals surface area contributed by atoms with E-state index in [-0.39, 0.29) is 72.7 Å². The quantitative estimate of drug-likeness (QED) is 0.0468. The van der Waals surface area contributed by atoms with Crippen LogP contribution in [0.2, 0.25) is 0 Å². The third-order valence-electron chi connectivity index (χ3n) is 17.9. The Bertz CT molecular complexity index is 2190. The molecular weight excluding hydrogens is 845 g/mol. The molecule has 4 saturated carbocycles. The highest BCUT2D eigenvalue weighted by Gasteiger charge is 2.71. The van der Waals surface area contributed by atoms with Crippen molar-refractivity contribution >= 4 is 30.2 Å². The molecule has 15 nitrogen and oxygen atoms in total. The molecule has 2 saturated heterocycles. The second-order valence-electron chi connectivity index (χ2n) is 21.1. The molecule has 9 aliphatic rings. The van der Waals surface area contributed by atoms with Gasteiger partial charge >= 0.3 is 17.9 Å². The van der Waals surface area contributed by atoms with E-state index in [0.717, 1.165) is 75.7 Å². The summed E-state index contributed by atoms with van der Waals surface area (Å²) in [6.45, 7) is 10.8. The van der Waals surface area contributed by atoms with Gasteiger partial charge in [0, 0.05) is 49.7 Å². The molecule has 0 spiro atoms. The van der Waals surface area contributed by atoms with Gasteiger partial charge in [-0.15, -0.1) is 0 Å². The van der Waals surface area contributed by atoms with E-state index in [4.69, 9.17) is 25.4 Å². The lowest BCUT2D eigenvalue weighted by molar-refractivity contribution is -0.248. The zero-order valence-electron chi connectivity index (χ0n) is 39.0. The van der Waals surface area contributed by atoms with E-state index < -0.39 is 40.2 Å². The predicted octanol–water partition coefficient (Wildman–Crippen LogP) is 4.03. The maximum atomic E-state index is 12.5. The topological polar surface area (TPSA) is 233 Å². The number of nitrogens with one attached hydrogen (secondary N) is 1. The standard InChI is InChI=1S/C23H32O6.C18H25NO5.C10H13N3/c1-20-6-3-17-18(4-8-22(27)11-15(25)2-7-21(17,22)13-24)23(20,28)9-5-16(20)14-10-19(26)29-12-14;1-4-12-9-11(2)18(3,22)17(21)23-10-13-5-7-19-8-6-14(15(13)19)24-16(12)20;11-10(12)13-6-5-8-3-1-2-4-9(8)7-13/h10,13,15-18,25,27-28H,2-9,11-12H2,1H3;4-5,11,14-15,22H,6-10H2,1-3H3;1-4H,5-7H2,(H3,11,12)/b;12-4-;/t15-,16+,17-,18+,20+,21-,22-,23-;11-,14-,15-,18-;/m01./s1. The van der Waals surface area contributed by atoms with E-state index in [9.17, 15) is 39.6 Å². The first-order chi connectivity index (χ1) is 31.3. The van der Waals surface area contributed by atoms with Gasteiger partial charge < -0.3 is 50.1 Å². The largest absolute Gasteiger partial charge is 0.459 e.